The van der Waals surface area contributed by atoms with Crippen LogP contribution >= 0.6 is 0 Å². The molecule has 414 valence electrons. The molecule has 12 nitrogen and oxygen atoms in total. The average molecular weight is 1010 g/mol. The first-order valence-electron chi connectivity index (χ1n) is 29.3. The van der Waals surface area contributed by atoms with Gasteiger partial charge in [-0.05, 0) is 64.2 Å². The van der Waals surface area contributed by atoms with Gasteiger partial charge in [0, 0.05) is 19.3 Å². The monoisotopic (exact) mass is 1010 g/mol. The van der Waals surface area contributed by atoms with Crippen LogP contribution in [0.5, 0.6) is 0 Å². The number of rotatable bonds is 50. The van der Waals surface area contributed by atoms with Crippen molar-refractivity contribution in [2.45, 2.75) is 314 Å². The highest BCUT2D eigenvalue weighted by Gasteiger charge is 2.50. The van der Waals surface area contributed by atoms with E-state index >= 15 is 0 Å². The van der Waals surface area contributed by atoms with Gasteiger partial charge in [-0.25, -0.2) is 4.79 Å². The zero-order valence-corrected chi connectivity index (χ0v) is 45.5. The molecule has 1 saturated heterocycles. The summed E-state index contributed by atoms with van der Waals surface area (Å²) in [5, 5.41) is 31.4. The molecule has 1 fully saturated rings. The Morgan fingerprint density at radius 1 is 0.451 bits per heavy atom. The Balaban J connectivity index is 2.66. The third-order valence-corrected chi connectivity index (χ3v) is 13.5. The van der Waals surface area contributed by atoms with Gasteiger partial charge < -0.3 is 39.0 Å². The molecule has 0 saturated carbocycles. The number of hydrogen-bond acceptors (Lipinski definition) is 11. The van der Waals surface area contributed by atoms with Crippen molar-refractivity contribution in [1.82, 2.24) is 0 Å². The highest BCUT2D eigenvalue weighted by atomic mass is 16.7. The van der Waals surface area contributed by atoms with E-state index in [1.54, 1.807) is 0 Å². The number of hydrogen-bond donors (Lipinski definition) is 3. The summed E-state index contributed by atoms with van der Waals surface area (Å²) in [6, 6.07) is 0. The molecule has 0 aliphatic carbocycles. The maximum absolute atomic E-state index is 13.1. The molecule has 1 rings (SSSR count). The summed E-state index contributed by atoms with van der Waals surface area (Å²) in [5.41, 5.74) is 0. The molecule has 0 aromatic carbocycles. The van der Waals surface area contributed by atoms with E-state index < -0.39 is 67.3 Å². The van der Waals surface area contributed by atoms with Crippen LogP contribution in [0.1, 0.15) is 278 Å². The molecule has 3 N–H and O–H groups in total. The van der Waals surface area contributed by atoms with Gasteiger partial charge in [0.15, 0.2) is 24.6 Å². The van der Waals surface area contributed by atoms with Crippen LogP contribution in [0.4, 0.5) is 0 Å². The predicted molar refractivity (Wildman–Crippen MR) is 285 cm³/mol. The Bertz CT molecular complexity index is 1340. The van der Waals surface area contributed by atoms with Crippen molar-refractivity contribution in [2.24, 2.45) is 0 Å². The van der Waals surface area contributed by atoms with Gasteiger partial charge in [0.25, 0.3) is 0 Å². The zero-order valence-electron chi connectivity index (χ0n) is 45.5. The molecule has 6 unspecified atom stereocenters. The number of esters is 3. The fourth-order valence-corrected chi connectivity index (χ4v) is 8.93. The van der Waals surface area contributed by atoms with Crippen molar-refractivity contribution in [1.29, 1.82) is 0 Å². The highest BCUT2D eigenvalue weighted by Crippen LogP contribution is 2.26. The lowest BCUT2D eigenvalue weighted by molar-refractivity contribution is -0.301. The molecular formula is C59H106O12. The minimum atomic E-state index is -1.90. The summed E-state index contributed by atoms with van der Waals surface area (Å²) in [4.78, 5) is 51.0. The molecule has 1 aliphatic heterocycles. The predicted octanol–water partition coefficient (Wildman–Crippen LogP) is 14.7. The standard InChI is InChI=1S/C59H106O12/c1-4-7-10-13-16-19-22-24-25-26-27-29-31-33-36-39-42-45-51(60)67-48-50(69-52(61)46-43-40-37-34-30-21-18-15-12-9-6-3)49-68-59-57(55(64)54(63)56(71-59)58(65)66)70-53(62)47-44-41-38-35-32-28-23-20-17-14-11-8-5-2/h15,18,20,23,50,54-57,59,63-64H,4-14,16-17,19,21-22,24-49H2,1-3H3,(H,65,66)/b18-15-,23-20-. The normalized spacial score (nSPS) is 18.6. The van der Waals surface area contributed by atoms with Crippen LogP contribution in [0.3, 0.4) is 0 Å². The third kappa shape index (κ3) is 38.4. The van der Waals surface area contributed by atoms with Gasteiger partial charge in [0.05, 0.1) is 6.61 Å². The number of carbonyl (C=O) groups excluding carboxylic acids is 3. The number of carbonyl (C=O) groups is 4. The second kappa shape index (κ2) is 48.2. The molecule has 6 atom stereocenters. The van der Waals surface area contributed by atoms with E-state index in [9.17, 15) is 34.5 Å². The van der Waals surface area contributed by atoms with Gasteiger partial charge in [-0.2, -0.15) is 0 Å². The Morgan fingerprint density at radius 2 is 0.817 bits per heavy atom. The lowest BCUT2D eigenvalue weighted by Crippen LogP contribution is -2.61. The molecule has 0 amide bonds. The molecule has 0 bridgehead atoms. The van der Waals surface area contributed by atoms with E-state index in [-0.39, 0.29) is 25.9 Å². The van der Waals surface area contributed by atoms with Crippen molar-refractivity contribution >= 4 is 23.9 Å². The number of carboxylic acids is 1. The van der Waals surface area contributed by atoms with Crippen LogP contribution in [0.2, 0.25) is 0 Å². The smallest absolute Gasteiger partial charge is 0.335 e. The number of ether oxygens (including phenoxy) is 5. The van der Waals surface area contributed by atoms with E-state index in [0.29, 0.717) is 19.3 Å². The quantitative estimate of drug-likeness (QED) is 0.0228. The molecule has 0 aromatic rings. The molecule has 0 aromatic heterocycles. The van der Waals surface area contributed by atoms with E-state index in [4.69, 9.17) is 23.7 Å². The van der Waals surface area contributed by atoms with Gasteiger partial charge in [-0.15, -0.1) is 0 Å². The van der Waals surface area contributed by atoms with Crippen LogP contribution in [-0.2, 0) is 42.9 Å². The molecule has 0 spiro atoms. The maximum Gasteiger partial charge on any atom is 0.335 e. The maximum atomic E-state index is 13.1. The van der Waals surface area contributed by atoms with E-state index in [1.165, 1.54) is 122 Å². The number of carboxylic acid groups (broad SMARTS) is 1. The number of aliphatic hydroxyl groups is 2. The first-order valence-corrected chi connectivity index (χ1v) is 29.3. The Morgan fingerprint density at radius 3 is 1.25 bits per heavy atom. The summed E-state index contributed by atoms with van der Waals surface area (Å²) < 4.78 is 28.4. The fraction of sp³-hybridized carbons (Fsp3) is 0.864. The fourth-order valence-electron chi connectivity index (χ4n) is 8.93. The number of allylic oxidation sites excluding steroid dienone is 4. The first kappa shape index (κ1) is 66.2. The summed E-state index contributed by atoms with van der Waals surface area (Å²) in [6.07, 6.45) is 41.6. The largest absolute Gasteiger partial charge is 0.479 e. The van der Waals surface area contributed by atoms with Gasteiger partial charge in [0.1, 0.15) is 18.8 Å². The molecule has 71 heavy (non-hydrogen) atoms. The molecule has 12 heteroatoms. The average Bonchev–Trinajstić information content (AvgIpc) is 3.35. The summed E-state index contributed by atoms with van der Waals surface area (Å²) in [5.74, 6) is -3.12. The van der Waals surface area contributed by atoms with Crippen LogP contribution in [0, 0.1) is 0 Å². The lowest BCUT2D eigenvalue weighted by atomic mass is 9.98. The number of aliphatic carboxylic acids is 1. The number of unbranched alkanes of at least 4 members (excludes halogenated alkanes) is 32. The van der Waals surface area contributed by atoms with Crippen molar-refractivity contribution < 1.29 is 58.2 Å². The van der Waals surface area contributed by atoms with Gasteiger partial charge in [-0.3, -0.25) is 14.4 Å². The molecule has 0 radical (unpaired) electrons. The first-order chi connectivity index (χ1) is 34.6. The van der Waals surface area contributed by atoms with E-state index in [0.717, 1.165) is 96.3 Å². The van der Waals surface area contributed by atoms with Crippen molar-refractivity contribution in [3.63, 3.8) is 0 Å². The van der Waals surface area contributed by atoms with Crippen molar-refractivity contribution in [2.75, 3.05) is 13.2 Å². The molecule has 1 aliphatic rings. The highest BCUT2D eigenvalue weighted by molar-refractivity contribution is 5.74. The molecular weight excluding hydrogens is 901 g/mol. The lowest BCUT2D eigenvalue weighted by Gasteiger charge is -2.40. The van der Waals surface area contributed by atoms with Crippen LogP contribution in [0.15, 0.2) is 24.3 Å². The second-order valence-corrected chi connectivity index (χ2v) is 20.3. The summed E-state index contributed by atoms with van der Waals surface area (Å²) in [7, 11) is 0. The molecule has 1 heterocycles. The Hall–Kier alpha value is -2.80. The minimum Gasteiger partial charge on any atom is -0.479 e. The van der Waals surface area contributed by atoms with E-state index in [2.05, 4.69) is 45.1 Å². The zero-order chi connectivity index (χ0) is 51.8. The van der Waals surface area contributed by atoms with Gasteiger partial charge in [-0.1, -0.05) is 218 Å². The Kier molecular flexibility index (Phi) is 44.9. The SMILES string of the molecule is CCCC/C=C\CCCCCCCC(=O)OC(COC(=O)CCCCCCCCCCCCCCCCCCC)COC1OC(C(=O)O)C(O)C(O)C1OC(=O)CCCCCCC/C=C\CCCCCC. The van der Waals surface area contributed by atoms with Gasteiger partial charge >= 0.3 is 23.9 Å². The second-order valence-electron chi connectivity index (χ2n) is 20.3. The third-order valence-electron chi connectivity index (χ3n) is 13.5. The Labute approximate surface area is 432 Å². The van der Waals surface area contributed by atoms with Crippen LogP contribution in [-0.4, -0.2) is 89.2 Å². The van der Waals surface area contributed by atoms with E-state index in [1.807, 2.05) is 0 Å². The van der Waals surface area contributed by atoms with Crippen LogP contribution in [0.25, 0.3) is 0 Å². The summed E-state index contributed by atoms with van der Waals surface area (Å²) >= 11 is 0. The summed E-state index contributed by atoms with van der Waals surface area (Å²) in [6.45, 7) is 5.94. The van der Waals surface area contributed by atoms with Crippen molar-refractivity contribution in [3.8, 4) is 0 Å². The van der Waals surface area contributed by atoms with Crippen molar-refractivity contribution in [3.05, 3.63) is 24.3 Å². The topological polar surface area (TPSA) is 175 Å². The van der Waals surface area contributed by atoms with Crippen LogP contribution < -0.4 is 0 Å². The van der Waals surface area contributed by atoms with Gasteiger partial charge in [0.2, 0.25) is 0 Å². The minimum absolute atomic E-state index is 0.0534. The number of aliphatic hydroxyl groups excluding tert-OH is 2.